The van der Waals surface area contributed by atoms with Crippen LogP contribution in [0.5, 0.6) is 0 Å². The molecule has 0 aliphatic heterocycles. The summed E-state index contributed by atoms with van der Waals surface area (Å²) < 4.78 is 27.3. The molecular formula is C60H117FN2O5. The highest BCUT2D eigenvalue weighted by Gasteiger charge is 2.29. The number of halogens is 1. The molecule has 0 aliphatic carbocycles. The molecule has 0 heterocycles. The van der Waals surface area contributed by atoms with Crippen molar-refractivity contribution in [1.82, 2.24) is 9.80 Å². The van der Waals surface area contributed by atoms with Gasteiger partial charge in [-0.15, -0.1) is 0 Å². The summed E-state index contributed by atoms with van der Waals surface area (Å²) in [6.45, 7) is 13.8. The maximum absolute atomic E-state index is 15.8. The lowest BCUT2D eigenvalue weighted by molar-refractivity contribution is -0.146. The lowest BCUT2D eigenvalue weighted by atomic mass is 9.96. The van der Waals surface area contributed by atoms with Gasteiger partial charge in [-0.05, 0) is 103 Å². The third kappa shape index (κ3) is 42.0. The molecular weight excluding hydrogens is 848 g/mol. The number of amides is 1. The number of rotatable bonds is 53. The first-order valence-corrected chi connectivity index (χ1v) is 30.0. The van der Waals surface area contributed by atoms with Crippen LogP contribution in [-0.4, -0.2) is 80.3 Å². The van der Waals surface area contributed by atoms with Crippen molar-refractivity contribution in [3.63, 3.8) is 0 Å². The third-order valence-corrected chi connectivity index (χ3v) is 14.5. The van der Waals surface area contributed by atoms with Gasteiger partial charge < -0.3 is 19.3 Å². The normalized spacial score (nSPS) is 13.4. The zero-order chi connectivity index (χ0) is 50.1. The lowest BCUT2D eigenvalue weighted by Gasteiger charge is -2.33. The van der Waals surface area contributed by atoms with Gasteiger partial charge in [0, 0.05) is 25.4 Å². The zero-order valence-corrected chi connectivity index (χ0v) is 46.6. The number of hydrogen-bond donors (Lipinski definition) is 0. The van der Waals surface area contributed by atoms with Crippen molar-refractivity contribution in [3.05, 3.63) is 0 Å². The minimum Gasteiger partial charge on any atom is -0.465 e. The third-order valence-electron chi connectivity index (χ3n) is 14.5. The Morgan fingerprint density at radius 3 is 1.13 bits per heavy atom. The van der Waals surface area contributed by atoms with Gasteiger partial charge in [-0.1, -0.05) is 221 Å². The van der Waals surface area contributed by atoms with E-state index in [4.69, 9.17) is 9.47 Å². The molecule has 0 fully saturated rings. The Labute approximate surface area is 423 Å². The average Bonchev–Trinajstić information content (AvgIpc) is 3.33. The van der Waals surface area contributed by atoms with Crippen LogP contribution >= 0.6 is 0 Å². The summed E-state index contributed by atoms with van der Waals surface area (Å²) in [5, 5.41) is 0. The van der Waals surface area contributed by atoms with Crippen LogP contribution in [0.25, 0.3) is 0 Å². The van der Waals surface area contributed by atoms with E-state index >= 15 is 4.39 Å². The number of nitrogens with zero attached hydrogens (tertiary/aromatic N) is 2. The van der Waals surface area contributed by atoms with Gasteiger partial charge in [-0.25, -0.2) is 4.39 Å². The molecule has 404 valence electrons. The quantitative estimate of drug-likeness (QED) is 0.0446. The second kappa shape index (κ2) is 50.2. The Bertz CT molecular complexity index is 1050. The highest BCUT2D eigenvalue weighted by molar-refractivity contribution is 5.81. The number of carbonyl (C=O) groups is 3. The Hall–Kier alpha value is -1.70. The lowest BCUT2D eigenvalue weighted by Crippen LogP contribution is -2.45. The highest BCUT2D eigenvalue weighted by Crippen LogP contribution is 2.24. The molecule has 0 saturated carbocycles. The molecule has 0 radical (unpaired) electrons. The number of hydrogen-bond acceptors (Lipinski definition) is 6. The maximum Gasteiger partial charge on any atom is 0.305 e. The first-order valence-electron chi connectivity index (χ1n) is 30.0. The fraction of sp³-hybridized carbons (Fsp3) is 0.950. The molecule has 8 heteroatoms. The predicted molar refractivity (Wildman–Crippen MR) is 290 cm³/mol. The van der Waals surface area contributed by atoms with Crippen LogP contribution in [0, 0.1) is 11.8 Å². The Balaban J connectivity index is 5.21. The Morgan fingerprint density at radius 1 is 0.382 bits per heavy atom. The molecule has 0 aromatic carbocycles. The van der Waals surface area contributed by atoms with Crippen LogP contribution < -0.4 is 0 Å². The summed E-state index contributed by atoms with van der Waals surface area (Å²) in [4.78, 5) is 43.3. The Morgan fingerprint density at radius 2 is 0.721 bits per heavy atom. The van der Waals surface area contributed by atoms with Crippen molar-refractivity contribution in [2.45, 2.75) is 317 Å². The van der Waals surface area contributed by atoms with Gasteiger partial charge in [0.05, 0.1) is 13.2 Å². The minimum absolute atomic E-state index is 0.0356. The van der Waals surface area contributed by atoms with Gasteiger partial charge in [-0.3, -0.25) is 14.4 Å². The molecule has 3 unspecified atom stereocenters. The van der Waals surface area contributed by atoms with Crippen molar-refractivity contribution in [3.8, 4) is 0 Å². The molecule has 1 amide bonds. The smallest absolute Gasteiger partial charge is 0.305 e. The number of carbonyl (C=O) groups excluding carboxylic acids is 3. The molecule has 3 atom stereocenters. The van der Waals surface area contributed by atoms with Gasteiger partial charge in [0.1, 0.15) is 0 Å². The van der Waals surface area contributed by atoms with Crippen LogP contribution in [0.4, 0.5) is 4.39 Å². The van der Waals surface area contributed by atoms with Crippen molar-refractivity contribution in [2.75, 3.05) is 40.4 Å². The van der Waals surface area contributed by atoms with E-state index in [0.29, 0.717) is 50.9 Å². The molecule has 0 spiro atoms. The molecule has 0 aromatic heterocycles. The van der Waals surface area contributed by atoms with Crippen LogP contribution in [0.1, 0.15) is 304 Å². The van der Waals surface area contributed by atoms with Crippen LogP contribution in [0.15, 0.2) is 0 Å². The molecule has 68 heavy (non-hydrogen) atoms. The van der Waals surface area contributed by atoms with E-state index in [2.05, 4.69) is 39.5 Å². The van der Waals surface area contributed by atoms with Crippen LogP contribution in [0.2, 0.25) is 0 Å². The standard InChI is InChI=1S/C60H117FN2O5/c1-8-13-18-21-22-27-32-39-51-63(60(66)57(61)47-40-50-62(6)7)56(45-35-28-23-25-30-37-48-58(64)67-52-54(41-16-11-4)43-33-19-14-9-2)46-36-29-24-26-31-38-49-59(65)68-53-55(42-17-12-5)44-34-20-15-10-3/h54-57H,8-53H2,1-7H3. The molecule has 7 nitrogen and oxygen atoms in total. The summed E-state index contributed by atoms with van der Waals surface area (Å²) in [7, 11) is 4.01. The molecule has 0 N–H and O–H groups in total. The van der Waals surface area contributed by atoms with Gasteiger partial charge in [0.15, 0.2) is 6.17 Å². The average molecular weight is 966 g/mol. The van der Waals surface area contributed by atoms with Crippen molar-refractivity contribution < 1.29 is 28.2 Å². The topological polar surface area (TPSA) is 76.2 Å². The predicted octanol–water partition coefficient (Wildman–Crippen LogP) is 17.9. The molecule has 0 aromatic rings. The van der Waals surface area contributed by atoms with Gasteiger partial charge in [0.2, 0.25) is 0 Å². The van der Waals surface area contributed by atoms with Crippen molar-refractivity contribution in [1.29, 1.82) is 0 Å². The van der Waals surface area contributed by atoms with E-state index in [1.54, 1.807) is 0 Å². The molecule has 0 rings (SSSR count). The van der Waals surface area contributed by atoms with Gasteiger partial charge >= 0.3 is 11.9 Å². The SMILES string of the molecule is CCCCCCCCCCN(C(=O)C(F)CCCN(C)C)C(CCCCCCCCC(=O)OCC(CCCC)CCCCCC)CCCCCCCCC(=O)OCC(CCCC)CCCCCC. The summed E-state index contributed by atoms with van der Waals surface area (Å²) in [6.07, 6.45) is 44.1. The monoisotopic (exact) mass is 965 g/mol. The van der Waals surface area contributed by atoms with E-state index in [-0.39, 0.29) is 30.3 Å². The molecule has 0 aliphatic rings. The summed E-state index contributed by atoms with van der Waals surface area (Å²) in [5.74, 6) is 0.651. The number of unbranched alkanes of at least 4 members (excludes halogenated alkanes) is 25. The van der Waals surface area contributed by atoms with Crippen LogP contribution in [-0.2, 0) is 23.9 Å². The second-order valence-corrected chi connectivity index (χ2v) is 21.5. The van der Waals surface area contributed by atoms with E-state index in [1.807, 2.05) is 19.0 Å². The summed E-state index contributed by atoms with van der Waals surface area (Å²) in [5.41, 5.74) is 0. The van der Waals surface area contributed by atoms with Gasteiger partial charge in [-0.2, -0.15) is 0 Å². The molecule has 0 bridgehead atoms. The number of esters is 2. The largest absolute Gasteiger partial charge is 0.465 e. The molecule has 0 saturated heterocycles. The van der Waals surface area contributed by atoms with Crippen molar-refractivity contribution in [2.24, 2.45) is 11.8 Å². The second-order valence-electron chi connectivity index (χ2n) is 21.5. The summed E-state index contributed by atoms with van der Waals surface area (Å²) >= 11 is 0. The first-order chi connectivity index (χ1) is 33.1. The Kier molecular flexibility index (Phi) is 49.0. The summed E-state index contributed by atoms with van der Waals surface area (Å²) in [6, 6.07) is 0.0734. The fourth-order valence-corrected chi connectivity index (χ4v) is 9.84. The van der Waals surface area contributed by atoms with E-state index in [0.717, 1.165) is 122 Å². The highest BCUT2D eigenvalue weighted by atomic mass is 19.1. The maximum atomic E-state index is 15.8. The van der Waals surface area contributed by atoms with E-state index in [9.17, 15) is 14.4 Å². The number of alkyl halides is 1. The first kappa shape index (κ1) is 66.3. The van der Waals surface area contributed by atoms with Crippen LogP contribution in [0.3, 0.4) is 0 Å². The number of ether oxygens (including phenoxy) is 2. The van der Waals surface area contributed by atoms with Gasteiger partial charge in [0.25, 0.3) is 5.91 Å². The zero-order valence-electron chi connectivity index (χ0n) is 46.6. The van der Waals surface area contributed by atoms with Crippen molar-refractivity contribution >= 4 is 17.8 Å². The van der Waals surface area contributed by atoms with E-state index < -0.39 is 6.17 Å². The van der Waals surface area contributed by atoms with E-state index in [1.165, 1.54) is 128 Å². The minimum atomic E-state index is -1.44. The fourth-order valence-electron chi connectivity index (χ4n) is 9.84.